The molecule has 0 atom stereocenters. The van der Waals surface area contributed by atoms with E-state index in [2.05, 4.69) is 9.47 Å². The van der Waals surface area contributed by atoms with Crippen LogP contribution in [0.3, 0.4) is 0 Å². The van der Waals surface area contributed by atoms with Crippen LogP contribution in [0.1, 0.15) is 21.5 Å². The monoisotopic (exact) mass is 365 g/mol. The molecule has 0 bridgehead atoms. The van der Waals surface area contributed by atoms with Crippen LogP contribution < -0.4 is 9.47 Å². The summed E-state index contributed by atoms with van der Waals surface area (Å²) in [6, 6.07) is 10.9. The molecule has 0 aliphatic heterocycles. The van der Waals surface area contributed by atoms with Crippen molar-refractivity contribution < 1.29 is 31.8 Å². The molecule has 26 heavy (non-hydrogen) atoms. The van der Waals surface area contributed by atoms with E-state index >= 15 is 0 Å². The zero-order valence-corrected chi connectivity index (χ0v) is 13.0. The first-order chi connectivity index (χ1) is 12.4. The summed E-state index contributed by atoms with van der Waals surface area (Å²) in [5.74, 6) is -1.21. The standard InChI is InChI=1S/C18H11F4NO3/c19-17(20)25-14-7-5-13(16(9-14)26-18(21)22)6-8-15(24)12-3-1-11(10-23)2-4-12/h1-9,17-18H/b8-6+. The van der Waals surface area contributed by atoms with Crippen LogP contribution in [-0.2, 0) is 0 Å². The predicted octanol–water partition coefficient (Wildman–Crippen LogP) is 4.66. The zero-order valence-electron chi connectivity index (χ0n) is 13.0. The van der Waals surface area contributed by atoms with Crippen LogP contribution in [0.2, 0.25) is 0 Å². The Morgan fingerprint density at radius 2 is 1.65 bits per heavy atom. The number of rotatable bonds is 7. The number of hydrogen-bond acceptors (Lipinski definition) is 4. The van der Waals surface area contributed by atoms with Crippen molar-refractivity contribution in [3.05, 3.63) is 65.2 Å². The highest BCUT2D eigenvalue weighted by atomic mass is 19.3. The maximum absolute atomic E-state index is 12.5. The molecule has 0 N–H and O–H groups in total. The molecule has 0 aliphatic carbocycles. The summed E-state index contributed by atoms with van der Waals surface area (Å²) in [6.45, 7) is -6.30. The van der Waals surface area contributed by atoms with Gasteiger partial charge in [-0.25, -0.2) is 0 Å². The van der Waals surface area contributed by atoms with Crippen molar-refractivity contribution in [3.8, 4) is 17.6 Å². The van der Waals surface area contributed by atoms with Gasteiger partial charge in [0.15, 0.2) is 5.78 Å². The maximum atomic E-state index is 12.5. The summed E-state index contributed by atoms with van der Waals surface area (Å²) in [5.41, 5.74) is 0.746. The number of benzene rings is 2. The van der Waals surface area contributed by atoms with Crippen LogP contribution >= 0.6 is 0 Å². The number of nitrogens with zero attached hydrogens (tertiary/aromatic N) is 1. The van der Waals surface area contributed by atoms with Gasteiger partial charge in [-0.3, -0.25) is 4.79 Å². The Labute approximate surface area is 145 Å². The predicted molar refractivity (Wildman–Crippen MR) is 84.2 cm³/mol. The van der Waals surface area contributed by atoms with E-state index < -0.39 is 24.8 Å². The number of carbonyl (C=O) groups excluding carboxylic acids is 1. The third kappa shape index (κ3) is 5.34. The first-order valence-electron chi connectivity index (χ1n) is 7.15. The minimum absolute atomic E-state index is 0.0777. The summed E-state index contributed by atoms with van der Waals surface area (Å²) in [7, 11) is 0. The van der Waals surface area contributed by atoms with Crippen LogP contribution in [0.4, 0.5) is 17.6 Å². The minimum atomic E-state index is -3.18. The number of carbonyl (C=O) groups is 1. The van der Waals surface area contributed by atoms with Gasteiger partial charge in [0, 0.05) is 17.2 Å². The number of nitriles is 1. The molecule has 0 radical (unpaired) electrons. The van der Waals surface area contributed by atoms with Crippen molar-refractivity contribution in [2.75, 3.05) is 0 Å². The first-order valence-corrected chi connectivity index (χ1v) is 7.15. The van der Waals surface area contributed by atoms with Gasteiger partial charge in [-0.2, -0.15) is 22.8 Å². The number of allylic oxidation sites excluding steroid dienone is 1. The molecule has 0 amide bonds. The van der Waals surface area contributed by atoms with E-state index in [0.717, 1.165) is 18.2 Å². The number of ketones is 1. The van der Waals surface area contributed by atoms with Gasteiger partial charge in [-0.15, -0.1) is 0 Å². The van der Waals surface area contributed by atoms with Crippen LogP contribution in [0, 0.1) is 11.3 Å². The third-order valence-corrected chi connectivity index (χ3v) is 3.14. The van der Waals surface area contributed by atoms with E-state index in [1.165, 1.54) is 36.4 Å². The lowest BCUT2D eigenvalue weighted by Crippen LogP contribution is -2.06. The van der Waals surface area contributed by atoms with Gasteiger partial charge in [-0.05, 0) is 48.6 Å². The Morgan fingerprint density at radius 1 is 1.00 bits per heavy atom. The SMILES string of the molecule is N#Cc1ccc(C(=O)/C=C/c2ccc(OC(F)F)cc2OC(F)F)cc1. The van der Waals surface area contributed by atoms with Crippen molar-refractivity contribution >= 4 is 11.9 Å². The lowest BCUT2D eigenvalue weighted by molar-refractivity contribution is -0.0543. The molecule has 4 nitrogen and oxygen atoms in total. The Hall–Kier alpha value is -3.34. The highest BCUT2D eigenvalue weighted by Gasteiger charge is 2.12. The Kier molecular flexibility index (Phi) is 6.33. The summed E-state index contributed by atoms with van der Waals surface area (Å²) >= 11 is 0. The fourth-order valence-corrected chi connectivity index (χ4v) is 2.00. The van der Waals surface area contributed by atoms with Gasteiger partial charge in [0.05, 0.1) is 11.6 Å². The Balaban J connectivity index is 2.24. The zero-order chi connectivity index (χ0) is 19.1. The summed E-state index contributed by atoms with van der Waals surface area (Å²) < 4.78 is 57.9. The average Bonchev–Trinajstić information content (AvgIpc) is 2.60. The quantitative estimate of drug-likeness (QED) is 0.407. The van der Waals surface area contributed by atoms with Gasteiger partial charge in [0.2, 0.25) is 0 Å². The highest BCUT2D eigenvalue weighted by molar-refractivity contribution is 6.07. The van der Waals surface area contributed by atoms with E-state index in [1.807, 2.05) is 6.07 Å². The number of halogens is 4. The smallest absolute Gasteiger partial charge is 0.387 e. The largest absolute Gasteiger partial charge is 0.435 e. The maximum Gasteiger partial charge on any atom is 0.387 e. The molecule has 0 spiro atoms. The summed E-state index contributed by atoms with van der Waals surface area (Å²) in [4.78, 5) is 12.1. The second-order valence-electron chi connectivity index (χ2n) is 4.84. The average molecular weight is 365 g/mol. The minimum Gasteiger partial charge on any atom is -0.435 e. The molecular weight excluding hydrogens is 354 g/mol. The Morgan fingerprint density at radius 3 is 2.23 bits per heavy atom. The number of hydrogen-bond donors (Lipinski definition) is 0. The van der Waals surface area contributed by atoms with Crippen LogP contribution in [0.15, 0.2) is 48.5 Å². The lowest BCUT2D eigenvalue weighted by atomic mass is 10.1. The fraction of sp³-hybridized carbons (Fsp3) is 0.111. The van der Waals surface area contributed by atoms with Gasteiger partial charge in [0.1, 0.15) is 11.5 Å². The van der Waals surface area contributed by atoms with E-state index in [4.69, 9.17) is 5.26 Å². The second kappa shape index (κ2) is 8.67. The summed E-state index contributed by atoms with van der Waals surface area (Å²) in [6.07, 6.45) is 2.33. The van der Waals surface area contributed by atoms with Gasteiger partial charge < -0.3 is 9.47 Å². The first kappa shape index (κ1) is 19.0. The van der Waals surface area contributed by atoms with Crippen LogP contribution in [-0.4, -0.2) is 19.0 Å². The summed E-state index contributed by atoms with van der Waals surface area (Å²) in [5, 5.41) is 8.72. The second-order valence-corrected chi connectivity index (χ2v) is 4.84. The molecule has 0 heterocycles. The molecule has 0 fully saturated rings. The van der Waals surface area contributed by atoms with E-state index in [9.17, 15) is 22.4 Å². The Bertz CT molecular complexity index is 843. The molecule has 0 aromatic heterocycles. The lowest BCUT2D eigenvalue weighted by Gasteiger charge is -2.11. The van der Waals surface area contributed by atoms with Crippen molar-refractivity contribution in [1.82, 2.24) is 0 Å². The van der Waals surface area contributed by atoms with E-state index in [-0.39, 0.29) is 16.9 Å². The van der Waals surface area contributed by atoms with Gasteiger partial charge in [-0.1, -0.05) is 0 Å². The van der Waals surface area contributed by atoms with Crippen molar-refractivity contribution in [1.29, 1.82) is 5.26 Å². The molecule has 0 saturated carbocycles. The molecule has 0 aliphatic rings. The molecule has 2 aromatic carbocycles. The van der Waals surface area contributed by atoms with E-state index in [0.29, 0.717) is 5.56 Å². The molecule has 2 rings (SSSR count). The molecule has 0 saturated heterocycles. The van der Waals surface area contributed by atoms with Crippen molar-refractivity contribution in [3.63, 3.8) is 0 Å². The molecule has 0 unspecified atom stereocenters. The topological polar surface area (TPSA) is 59.3 Å². The molecule has 8 heteroatoms. The normalized spacial score (nSPS) is 11.0. The number of ether oxygens (including phenoxy) is 2. The molecular formula is C18H11F4NO3. The van der Waals surface area contributed by atoms with Crippen molar-refractivity contribution in [2.45, 2.75) is 13.2 Å². The molecule has 2 aromatic rings. The molecule has 134 valence electrons. The van der Waals surface area contributed by atoms with Gasteiger partial charge >= 0.3 is 13.2 Å². The highest BCUT2D eigenvalue weighted by Crippen LogP contribution is 2.28. The van der Waals surface area contributed by atoms with Gasteiger partial charge in [0.25, 0.3) is 0 Å². The van der Waals surface area contributed by atoms with Crippen LogP contribution in [0.25, 0.3) is 6.08 Å². The number of alkyl halides is 4. The van der Waals surface area contributed by atoms with Crippen LogP contribution in [0.5, 0.6) is 11.5 Å². The fourth-order valence-electron chi connectivity index (χ4n) is 2.00. The van der Waals surface area contributed by atoms with Crippen molar-refractivity contribution in [2.24, 2.45) is 0 Å². The van der Waals surface area contributed by atoms with E-state index in [1.54, 1.807) is 0 Å². The third-order valence-electron chi connectivity index (χ3n) is 3.14.